The zero-order valence-corrected chi connectivity index (χ0v) is 6.76. The van der Waals surface area contributed by atoms with Crippen LogP contribution in [0.4, 0.5) is 5.69 Å². The highest BCUT2D eigenvalue weighted by molar-refractivity contribution is 6.01. The van der Waals surface area contributed by atoms with Crippen LogP contribution < -0.4 is 5.73 Å². The smallest absolute Gasteiger partial charge is 0.0991 e. The standard InChI is InChI=1S/C9H9N3/c1-6(11)8-4-7(5-10)2-3-9(8)12/h2-4,11H,12H2,1H3. The van der Waals surface area contributed by atoms with Gasteiger partial charge in [0.1, 0.15) is 0 Å². The minimum atomic E-state index is 0.379. The fourth-order valence-electron chi connectivity index (χ4n) is 0.951. The summed E-state index contributed by atoms with van der Waals surface area (Å²) in [7, 11) is 0. The third kappa shape index (κ3) is 1.43. The predicted molar refractivity (Wildman–Crippen MR) is 48.1 cm³/mol. The second kappa shape index (κ2) is 3.05. The number of anilines is 1. The Balaban J connectivity index is 3.28. The topological polar surface area (TPSA) is 73.7 Å². The van der Waals surface area contributed by atoms with Crippen molar-refractivity contribution in [3.63, 3.8) is 0 Å². The molecule has 0 heterocycles. The average Bonchev–Trinajstić information content (AvgIpc) is 2.05. The molecule has 0 aliphatic heterocycles. The van der Waals surface area contributed by atoms with Crippen LogP contribution in [-0.2, 0) is 0 Å². The minimum Gasteiger partial charge on any atom is -0.398 e. The Bertz CT molecular complexity index is 361. The Morgan fingerprint density at radius 3 is 2.75 bits per heavy atom. The highest BCUT2D eigenvalue weighted by atomic mass is 14.6. The lowest BCUT2D eigenvalue weighted by atomic mass is 10.1. The van der Waals surface area contributed by atoms with E-state index in [1.807, 2.05) is 6.07 Å². The first-order valence-corrected chi connectivity index (χ1v) is 3.50. The van der Waals surface area contributed by atoms with Crippen LogP contribution in [0.3, 0.4) is 0 Å². The van der Waals surface area contributed by atoms with Crippen molar-refractivity contribution in [2.24, 2.45) is 0 Å². The van der Waals surface area contributed by atoms with Gasteiger partial charge in [-0.1, -0.05) is 0 Å². The highest BCUT2D eigenvalue weighted by Gasteiger charge is 2.01. The molecule has 0 atom stereocenters. The van der Waals surface area contributed by atoms with Crippen molar-refractivity contribution in [2.75, 3.05) is 5.73 Å². The summed E-state index contributed by atoms with van der Waals surface area (Å²) in [6.07, 6.45) is 0. The normalized spacial score (nSPS) is 9.00. The summed E-state index contributed by atoms with van der Waals surface area (Å²) in [5.74, 6) is 0. The molecule has 60 valence electrons. The molecule has 0 amide bonds. The van der Waals surface area contributed by atoms with Crippen LogP contribution >= 0.6 is 0 Å². The lowest BCUT2D eigenvalue weighted by Crippen LogP contribution is -1.99. The molecule has 1 aromatic rings. The third-order valence-corrected chi connectivity index (χ3v) is 1.59. The number of nitriles is 1. The highest BCUT2D eigenvalue weighted by Crippen LogP contribution is 2.13. The molecule has 0 saturated heterocycles. The first-order chi connectivity index (χ1) is 5.65. The van der Waals surface area contributed by atoms with Gasteiger partial charge in [-0.3, -0.25) is 0 Å². The van der Waals surface area contributed by atoms with Crippen molar-refractivity contribution >= 4 is 11.4 Å². The number of rotatable bonds is 1. The molecule has 0 unspecified atom stereocenters. The van der Waals surface area contributed by atoms with Crippen molar-refractivity contribution < 1.29 is 0 Å². The van der Waals surface area contributed by atoms with Crippen molar-refractivity contribution in [1.29, 1.82) is 10.7 Å². The minimum absolute atomic E-state index is 0.379. The van der Waals surface area contributed by atoms with Crippen molar-refractivity contribution in [1.82, 2.24) is 0 Å². The first kappa shape index (κ1) is 8.28. The van der Waals surface area contributed by atoms with Crippen LogP contribution in [0.1, 0.15) is 18.1 Å². The van der Waals surface area contributed by atoms with Crippen LogP contribution in [0, 0.1) is 16.7 Å². The zero-order chi connectivity index (χ0) is 9.14. The molecule has 3 N–H and O–H groups in total. The van der Waals surface area contributed by atoms with E-state index in [0.29, 0.717) is 22.5 Å². The molecule has 0 saturated carbocycles. The molecule has 0 aliphatic rings. The molecule has 0 aliphatic carbocycles. The van der Waals surface area contributed by atoms with Crippen LogP contribution in [0.25, 0.3) is 0 Å². The maximum absolute atomic E-state index is 8.57. The first-order valence-electron chi connectivity index (χ1n) is 3.50. The molecule has 3 heteroatoms. The maximum Gasteiger partial charge on any atom is 0.0991 e. The second-order valence-corrected chi connectivity index (χ2v) is 2.54. The molecule has 0 fully saturated rings. The van der Waals surface area contributed by atoms with Crippen LogP contribution in [0.5, 0.6) is 0 Å². The fraction of sp³-hybridized carbons (Fsp3) is 0.111. The van der Waals surface area contributed by atoms with Gasteiger partial charge in [-0.15, -0.1) is 0 Å². The largest absolute Gasteiger partial charge is 0.398 e. The van der Waals surface area contributed by atoms with Gasteiger partial charge >= 0.3 is 0 Å². The third-order valence-electron chi connectivity index (χ3n) is 1.59. The van der Waals surface area contributed by atoms with Crippen molar-refractivity contribution in [3.05, 3.63) is 29.3 Å². The summed E-state index contributed by atoms with van der Waals surface area (Å²) >= 11 is 0. The van der Waals surface area contributed by atoms with E-state index in [4.69, 9.17) is 16.4 Å². The van der Waals surface area contributed by atoms with Gasteiger partial charge in [0.15, 0.2) is 0 Å². The van der Waals surface area contributed by atoms with E-state index in [9.17, 15) is 0 Å². The van der Waals surface area contributed by atoms with E-state index in [0.717, 1.165) is 0 Å². The molecule has 12 heavy (non-hydrogen) atoms. The van der Waals surface area contributed by atoms with Gasteiger partial charge in [0, 0.05) is 17.0 Å². The molecule has 0 radical (unpaired) electrons. The van der Waals surface area contributed by atoms with Gasteiger partial charge in [-0.25, -0.2) is 0 Å². The van der Waals surface area contributed by atoms with E-state index in [1.54, 1.807) is 25.1 Å². The molecule has 3 nitrogen and oxygen atoms in total. The molecular formula is C9H9N3. The molecular weight excluding hydrogens is 150 g/mol. The van der Waals surface area contributed by atoms with E-state index < -0.39 is 0 Å². The Morgan fingerprint density at radius 1 is 1.58 bits per heavy atom. The zero-order valence-electron chi connectivity index (χ0n) is 6.76. The van der Waals surface area contributed by atoms with Gasteiger partial charge in [-0.05, 0) is 25.1 Å². The SMILES string of the molecule is CC(=N)c1cc(C#N)ccc1N. The lowest BCUT2D eigenvalue weighted by molar-refractivity contribution is 1.43. The van der Waals surface area contributed by atoms with E-state index in [2.05, 4.69) is 0 Å². The number of hydrogen-bond donors (Lipinski definition) is 2. The summed E-state index contributed by atoms with van der Waals surface area (Å²) in [4.78, 5) is 0. The number of benzene rings is 1. The van der Waals surface area contributed by atoms with Crippen LogP contribution in [-0.4, -0.2) is 5.71 Å². The monoisotopic (exact) mass is 159 g/mol. The molecule has 0 bridgehead atoms. The summed E-state index contributed by atoms with van der Waals surface area (Å²) in [6, 6.07) is 6.91. The lowest BCUT2D eigenvalue weighted by Gasteiger charge is -2.02. The molecule has 0 aromatic heterocycles. The Hall–Kier alpha value is -1.82. The number of nitrogens with two attached hydrogens (primary N) is 1. The number of nitrogen functional groups attached to an aromatic ring is 1. The van der Waals surface area contributed by atoms with Crippen LogP contribution in [0.15, 0.2) is 18.2 Å². The van der Waals surface area contributed by atoms with E-state index in [1.165, 1.54) is 0 Å². The Kier molecular flexibility index (Phi) is 2.11. The summed E-state index contributed by atoms with van der Waals surface area (Å²) in [6.45, 7) is 1.65. The fourth-order valence-corrected chi connectivity index (χ4v) is 0.951. The van der Waals surface area contributed by atoms with Crippen molar-refractivity contribution in [3.8, 4) is 6.07 Å². The summed E-state index contributed by atoms with van der Waals surface area (Å²) in [5, 5.41) is 15.9. The number of hydrogen-bond acceptors (Lipinski definition) is 3. The van der Waals surface area contributed by atoms with Gasteiger partial charge in [0.25, 0.3) is 0 Å². The second-order valence-electron chi connectivity index (χ2n) is 2.54. The number of nitrogens with one attached hydrogen (secondary N) is 1. The summed E-state index contributed by atoms with van der Waals surface area (Å²) < 4.78 is 0. The molecule has 0 spiro atoms. The molecule has 1 rings (SSSR count). The predicted octanol–water partition coefficient (Wildman–Crippen LogP) is 1.53. The Morgan fingerprint density at radius 2 is 2.25 bits per heavy atom. The molecule has 1 aromatic carbocycles. The van der Waals surface area contributed by atoms with Crippen molar-refractivity contribution in [2.45, 2.75) is 6.92 Å². The Labute approximate surface area is 70.9 Å². The van der Waals surface area contributed by atoms with E-state index >= 15 is 0 Å². The average molecular weight is 159 g/mol. The number of nitrogens with zero attached hydrogens (tertiary/aromatic N) is 1. The van der Waals surface area contributed by atoms with Gasteiger partial charge in [0.2, 0.25) is 0 Å². The van der Waals surface area contributed by atoms with Gasteiger partial charge in [0.05, 0.1) is 11.6 Å². The quantitative estimate of drug-likeness (QED) is 0.481. The van der Waals surface area contributed by atoms with Gasteiger partial charge in [-0.2, -0.15) is 5.26 Å². The van der Waals surface area contributed by atoms with Crippen LogP contribution in [0.2, 0.25) is 0 Å². The van der Waals surface area contributed by atoms with E-state index in [-0.39, 0.29) is 0 Å². The summed E-state index contributed by atoms with van der Waals surface area (Å²) in [5.41, 5.74) is 7.68. The maximum atomic E-state index is 8.57. The van der Waals surface area contributed by atoms with Gasteiger partial charge < -0.3 is 11.1 Å².